The molecule has 0 aromatic rings. The minimum Gasteiger partial charge on any atom is -0.385 e. The molecule has 0 heterocycles. The van der Waals surface area contributed by atoms with Crippen molar-refractivity contribution in [3.8, 4) is 0 Å². The minimum atomic E-state index is 0.0688. The third-order valence-corrected chi connectivity index (χ3v) is 1.63. The van der Waals surface area contributed by atoms with Crippen LogP contribution in [0.2, 0.25) is 0 Å². The highest BCUT2D eigenvalue weighted by atomic mass is 16.5. The highest BCUT2D eigenvalue weighted by molar-refractivity contribution is 5.77. The number of ether oxygens (including phenoxy) is 1. The van der Waals surface area contributed by atoms with Gasteiger partial charge in [0.15, 0.2) is 0 Å². The molecule has 0 unspecified atom stereocenters. The second-order valence-electron chi connectivity index (χ2n) is 2.83. The van der Waals surface area contributed by atoms with E-state index in [2.05, 4.69) is 10.6 Å². The van der Waals surface area contributed by atoms with Crippen LogP contribution in [0.1, 0.15) is 19.8 Å². The van der Waals surface area contributed by atoms with Gasteiger partial charge in [0.05, 0.1) is 6.54 Å². The van der Waals surface area contributed by atoms with Gasteiger partial charge in [-0.1, -0.05) is 6.92 Å². The molecule has 0 rings (SSSR count). The Morgan fingerprint density at radius 3 is 2.77 bits per heavy atom. The first kappa shape index (κ1) is 12.4. The Kier molecular flexibility index (Phi) is 9.03. The van der Waals surface area contributed by atoms with Crippen molar-refractivity contribution in [2.24, 2.45) is 0 Å². The first-order valence-electron chi connectivity index (χ1n) is 4.77. The Hall–Kier alpha value is -0.610. The number of unbranched alkanes of at least 4 members (excludes halogenated alkanes) is 1. The van der Waals surface area contributed by atoms with Crippen LogP contribution >= 0.6 is 0 Å². The average molecular weight is 188 g/mol. The van der Waals surface area contributed by atoms with Crippen molar-refractivity contribution in [3.63, 3.8) is 0 Å². The molecule has 0 fully saturated rings. The molecule has 2 N–H and O–H groups in total. The van der Waals surface area contributed by atoms with Crippen molar-refractivity contribution < 1.29 is 9.53 Å². The van der Waals surface area contributed by atoms with Gasteiger partial charge in [-0.05, 0) is 19.4 Å². The van der Waals surface area contributed by atoms with Crippen LogP contribution in [0.25, 0.3) is 0 Å². The number of likely N-dealkylation sites (N-methyl/N-ethyl adjacent to an activating group) is 1. The number of carbonyl (C=O) groups excluding carboxylic acids is 1. The van der Waals surface area contributed by atoms with Gasteiger partial charge in [-0.15, -0.1) is 0 Å². The monoisotopic (exact) mass is 188 g/mol. The van der Waals surface area contributed by atoms with Crippen LogP contribution in [0.4, 0.5) is 0 Å². The number of amides is 1. The van der Waals surface area contributed by atoms with Crippen molar-refractivity contribution in [3.05, 3.63) is 0 Å². The molecule has 0 aliphatic carbocycles. The number of hydrogen-bond donors (Lipinski definition) is 2. The molecule has 0 aliphatic rings. The maximum atomic E-state index is 11.0. The lowest BCUT2D eigenvalue weighted by atomic mass is 10.3. The van der Waals surface area contributed by atoms with Crippen molar-refractivity contribution in [2.45, 2.75) is 19.8 Å². The molecule has 0 saturated carbocycles. The number of carbonyl (C=O) groups is 1. The zero-order valence-electron chi connectivity index (χ0n) is 8.56. The third-order valence-electron chi connectivity index (χ3n) is 1.63. The Balaban J connectivity index is 3.08. The fourth-order valence-electron chi connectivity index (χ4n) is 0.900. The fourth-order valence-corrected chi connectivity index (χ4v) is 0.900. The molecule has 4 nitrogen and oxygen atoms in total. The van der Waals surface area contributed by atoms with E-state index in [0.29, 0.717) is 6.54 Å². The van der Waals surface area contributed by atoms with Gasteiger partial charge in [0, 0.05) is 20.3 Å². The highest BCUT2D eigenvalue weighted by Crippen LogP contribution is 1.86. The summed E-state index contributed by atoms with van der Waals surface area (Å²) in [6, 6.07) is 0. The maximum Gasteiger partial charge on any atom is 0.233 e. The predicted molar refractivity (Wildman–Crippen MR) is 52.7 cm³/mol. The minimum absolute atomic E-state index is 0.0688. The predicted octanol–water partition coefficient (Wildman–Crippen LogP) is 0.139. The van der Waals surface area contributed by atoms with E-state index in [1.807, 2.05) is 6.92 Å². The summed E-state index contributed by atoms with van der Waals surface area (Å²) in [6.07, 6.45) is 1.98. The fraction of sp³-hybridized carbons (Fsp3) is 0.889. The lowest BCUT2D eigenvalue weighted by molar-refractivity contribution is -0.120. The van der Waals surface area contributed by atoms with E-state index in [1.54, 1.807) is 7.11 Å². The Morgan fingerprint density at radius 2 is 2.15 bits per heavy atom. The van der Waals surface area contributed by atoms with Crippen molar-refractivity contribution in [1.82, 2.24) is 10.6 Å². The summed E-state index contributed by atoms with van der Waals surface area (Å²) in [7, 11) is 1.68. The molecular formula is C9H20N2O2. The molecule has 0 atom stereocenters. The highest BCUT2D eigenvalue weighted by Gasteiger charge is 1.97. The summed E-state index contributed by atoms with van der Waals surface area (Å²) < 4.78 is 4.89. The largest absolute Gasteiger partial charge is 0.385 e. The SMILES string of the molecule is CCNCC(=O)NCCCCOC. The average Bonchev–Trinajstić information content (AvgIpc) is 2.14. The summed E-state index contributed by atoms with van der Waals surface area (Å²) >= 11 is 0. The molecule has 78 valence electrons. The van der Waals surface area contributed by atoms with Gasteiger partial charge in [-0.25, -0.2) is 0 Å². The van der Waals surface area contributed by atoms with E-state index in [0.717, 1.165) is 32.5 Å². The number of rotatable bonds is 8. The standard InChI is InChI=1S/C9H20N2O2/c1-3-10-8-9(12)11-6-4-5-7-13-2/h10H,3-8H2,1-2H3,(H,11,12). The first-order chi connectivity index (χ1) is 6.31. The van der Waals surface area contributed by atoms with Gasteiger partial charge >= 0.3 is 0 Å². The van der Waals surface area contributed by atoms with Crippen LogP contribution in [-0.2, 0) is 9.53 Å². The van der Waals surface area contributed by atoms with Gasteiger partial charge in [0.1, 0.15) is 0 Å². The Morgan fingerprint density at radius 1 is 1.38 bits per heavy atom. The third kappa shape index (κ3) is 9.30. The van der Waals surface area contributed by atoms with Crippen molar-refractivity contribution in [2.75, 3.05) is 33.4 Å². The Labute approximate surface area is 80.0 Å². The molecule has 0 saturated heterocycles. The van der Waals surface area contributed by atoms with E-state index < -0.39 is 0 Å². The molecular weight excluding hydrogens is 168 g/mol. The topological polar surface area (TPSA) is 50.4 Å². The van der Waals surface area contributed by atoms with E-state index in [-0.39, 0.29) is 5.91 Å². The van der Waals surface area contributed by atoms with Crippen LogP contribution < -0.4 is 10.6 Å². The lowest BCUT2D eigenvalue weighted by Crippen LogP contribution is -2.34. The van der Waals surface area contributed by atoms with E-state index >= 15 is 0 Å². The van der Waals surface area contributed by atoms with Crippen LogP contribution in [-0.4, -0.2) is 39.3 Å². The molecule has 0 radical (unpaired) electrons. The van der Waals surface area contributed by atoms with Gasteiger partial charge in [0.25, 0.3) is 0 Å². The van der Waals surface area contributed by atoms with Crippen molar-refractivity contribution >= 4 is 5.91 Å². The number of hydrogen-bond acceptors (Lipinski definition) is 3. The second-order valence-corrected chi connectivity index (χ2v) is 2.83. The molecule has 0 spiro atoms. The first-order valence-corrected chi connectivity index (χ1v) is 4.77. The second kappa shape index (κ2) is 9.48. The lowest BCUT2D eigenvalue weighted by Gasteiger charge is -2.04. The molecule has 0 aromatic heterocycles. The van der Waals surface area contributed by atoms with Gasteiger partial charge in [0.2, 0.25) is 5.91 Å². The molecule has 0 aromatic carbocycles. The Bertz CT molecular complexity index is 129. The molecule has 0 aliphatic heterocycles. The summed E-state index contributed by atoms with van der Waals surface area (Å²) in [5.74, 6) is 0.0688. The van der Waals surface area contributed by atoms with Crippen LogP contribution in [0, 0.1) is 0 Å². The molecule has 1 amide bonds. The normalized spacial score (nSPS) is 10.0. The zero-order chi connectivity index (χ0) is 9.94. The van der Waals surface area contributed by atoms with E-state index in [1.165, 1.54) is 0 Å². The van der Waals surface area contributed by atoms with Gasteiger partial charge in [-0.3, -0.25) is 4.79 Å². The van der Waals surface area contributed by atoms with Gasteiger partial charge in [-0.2, -0.15) is 0 Å². The number of methoxy groups -OCH3 is 1. The molecule has 13 heavy (non-hydrogen) atoms. The smallest absolute Gasteiger partial charge is 0.233 e. The maximum absolute atomic E-state index is 11.0. The summed E-state index contributed by atoms with van der Waals surface area (Å²) in [6.45, 7) is 4.74. The van der Waals surface area contributed by atoms with Crippen LogP contribution in [0.3, 0.4) is 0 Å². The summed E-state index contributed by atoms with van der Waals surface area (Å²) in [5, 5.41) is 5.78. The summed E-state index contributed by atoms with van der Waals surface area (Å²) in [5.41, 5.74) is 0. The number of nitrogens with one attached hydrogen (secondary N) is 2. The van der Waals surface area contributed by atoms with Gasteiger partial charge < -0.3 is 15.4 Å². The quantitative estimate of drug-likeness (QED) is 0.533. The van der Waals surface area contributed by atoms with Crippen LogP contribution in [0.5, 0.6) is 0 Å². The van der Waals surface area contributed by atoms with E-state index in [9.17, 15) is 4.79 Å². The van der Waals surface area contributed by atoms with Crippen LogP contribution in [0.15, 0.2) is 0 Å². The summed E-state index contributed by atoms with van der Waals surface area (Å²) in [4.78, 5) is 11.0. The van der Waals surface area contributed by atoms with Crippen molar-refractivity contribution in [1.29, 1.82) is 0 Å². The molecule has 4 heteroatoms. The molecule has 0 bridgehead atoms. The zero-order valence-corrected chi connectivity index (χ0v) is 8.56. The van der Waals surface area contributed by atoms with E-state index in [4.69, 9.17) is 4.74 Å².